The molecule has 0 aromatic heterocycles. The van der Waals surface area contributed by atoms with Crippen LogP contribution >= 0.6 is 11.6 Å². The number of carbonyl (C=O) groups is 2. The predicted molar refractivity (Wildman–Crippen MR) is 124 cm³/mol. The number of amides is 1. The lowest BCUT2D eigenvalue weighted by Crippen LogP contribution is -2.54. The van der Waals surface area contributed by atoms with E-state index in [1.54, 1.807) is 26.1 Å². The third-order valence-corrected chi connectivity index (χ3v) is 9.39. The number of benzene rings is 1. The van der Waals surface area contributed by atoms with Gasteiger partial charge in [-0.3, -0.25) is 9.59 Å². The minimum atomic E-state index is -3.36. The highest BCUT2D eigenvalue weighted by atomic mass is 35.5. The number of piperidine rings is 1. The Bertz CT molecular complexity index is 932. The number of ether oxygens (including phenoxy) is 1. The molecule has 4 atom stereocenters. The van der Waals surface area contributed by atoms with Crippen LogP contribution in [0, 0.1) is 11.8 Å². The average Bonchev–Trinajstić information content (AvgIpc) is 3.63. The summed E-state index contributed by atoms with van der Waals surface area (Å²) in [5, 5.41) is 0.308. The molecule has 0 N–H and O–H groups in total. The fourth-order valence-electron chi connectivity index (χ4n) is 4.64. The van der Waals surface area contributed by atoms with E-state index in [-0.39, 0.29) is 29.8 Å². The molecule has 2 aliphatic rings. The first-order chi connectivity index (χ1) is 15.1. The van der Waals surface area contributed by atoms with E-state index >= 15 is 0 Å². The van der Waals surface area contributed by atoms with Crippen LogP contribution in [0.15, 0.2) is 24.3 Å². The first kappa shape index (κ1) is 25.0. The van der Waals surface area contributed by atoms with Crippen LogP contribution in [0.25, 0.3) is 0 Å². The predicted octanol–water partition coefficient (Wildman–Crippen LogP) is 3.63. The summed E-state index contributed by atoms with van der Waals surface area (Å²) in [6, 6.07) is 6.90. The van der Waals surface area contributed by atoms with Crippen molar-refractivity contribution in [1.82, 2.24) is 9.21 Å². The standard InChI is InChI=1S/C23H33ClN2O5S/c1-5-18(14-25(3)32(29,30)19-10-11-19)26-21(16-6-8-17(24)9-7-16)13-12-20(22(26)27)15(2)23(28)31-4/h6-9,15,18-21H,5,10-14H2,1-4H3/t15?,18-,20-,21?/m0/s1. The van der Waals surface area contributed by atoms with Crippen molar-refractivity contribution in [2.75, 3.05) is 20.7 Å². The summed E-state index contributed by atoms with van der Waals surface area (Å²) in [5.74, 6) is -1.59. The molecule has 1 aliphatic heterocycles. The molecule has 1 aromatic rings. The van der Waals surface area contributed by atoms with E-state index in [0.29, 0.717) is 37.1 Å². The highest BCUT2D eigenvalue weighted by molar-refractivity contribution is 7.90. The van der Waals surface area contributed by atoms with Gasteiger partial charge in [-0.1, -0.05) is 37.6 Å². The number of likely N-dealkylation sites (N-methyl/N-ethyl adjacent to an activating group) is 1. The monoisotopic (exact) mass is 484 g/mol. The second-order valence-corrected chi connectivity index (χ2v) is 11.7. The molecule has 1 amide bonds. The number of likely N-dealkylation sites (tertiary alicyclic amines) is 1. The molecule has 1 aliphatic carbocycles. The van der Waals surface area contributed by atoms with Crippen LogP contribution in [0.4, 0.5) is 0 Å². The van der Waals surface area contributed by atoms with Crippen molar-refractivity contribution in [1.29, 1.82) is 0 Å². The highest BCUT2D eigenvalue weighted by Crippen LogP contribution is 2.40. The van der Waals surface area contributed by atoms with Crippen LogP contribution in [-0.4, -0.2) is 61.5 Å². The highest BCUT2D eigenvalue weighted by Gasteiger charge is 2.45. The number of carbonyl (C=O) groups excluding carboxylic acids is 2. The maximum absolute atomic E-state index is 13.7. The van der Waals surface area contributed by atoms with Crippen molar-refractivity contribution in [2.24, 2.45) is 11.8 Å². The molecule has 2 unspecified atom stereocenters. The molecular formula is C23H33ClN2O5S. The van der Waals surface area contributed by atoms with Gasteiger partial charge >= 0.3 is 5.97 Å². The Balaban J connectivity index is 1.93. The third kappa shape index (κ3) is 5.13. The number of sulfonamides is 1. The summed E-state index contributed by atoms with van der Waals surface area (Å²) < 4.78 is 31.8. The molecule has 3 rings (SSSR count). The van der Waals surface area contributed by atoms with E-state index in [2.05, 4.69) is 0 Å². The minimum Gasteiger partial charge on any atom is -0.469 e. The Morgan fingerprint density at radius 1 is 1.22 bits per heavy atom. The van der Waals surface area contributed by atoms with Gasteiger partial charge < -0.3 is 9.64 Å². The molecule has 32 heavy (non-hydrogen) atoms. The summed E-state index contributed by atoms with van der Waals surface area (Å²) in [6.45, 7) is 3.91. The quantitative estimate of drug-likeness (QED) is 0.500. The molecule has 0 bridgehead atoms. The lowest BCUT2D eigenvalue weighted by molar-refractivity contribution is -0.158. The summed E-state index contributed by atoms with van der Waals surface area (Å²) in [6.07, 6.45) is 3.22. The first-order valence-corrected chi connectivity index (χ1v) is 13.1. The van der Waals surface area contributed by atoms with Gasteiger partial charge in [0.15, 0.2) is 0 Å². The Morgan fingerprint density at radius 2 is 1.84 bits per heavy atom. The fourth-order valence-corrected chi connectivity index (χ4v) is 6.39. The molecule has 1 heterocycles. The molecule has 0 spiro atoms. The number of rotatable bonds is 9. The van der Waals surface area contributed by atoms with Gasteiger partial charge in [0, 0.05) is 24.7 Å². The summed E-state index contributed by atoms with van der Waals surface area (Å²) in [4.78, 5) is 27.7. The Labute approximate surface area is 196 Å². The van der Waals surface area contributed by atoms with E-state index < -0.39 is 27.8 Å². The Hall–Kier alpha value is -1.64. The van der Waals surface area contributed by atoms with Gasteiger partial charge in [0.25, 0.3) is 0 Å². The van der Waals surface area contributed by atoms with Gasteiger partial charge in [0.1, 0.15) is 0 Å². The summed E-state index contributed by atoms with van der Waals surface area (Å²) in [7, 11) is -0.438. The Kier molecular flexibility index (Phi) is 7.89. The largest absolute Gasteiger partial charge is 0.469 e. The summed E-state index contributed by atoms with van der Waals surface area (Å²) in [5.41, 5.74) is 0.957. The lowest BCUT2D eigenvalue weighted by atomic mass is 9.80. The maximum atomic E-state index is 13.7. The third-order valence-electron chi connectivity index (χ3n) is 6.80. The number of nitrogens with zero attached hydrogens (tertiary/aromatic N) is 2. The number of hydrogen-bond acceptors (Lipinski definition) is 5. The number of methoxy groups -OCH3 is 1. The average molecular weight is 485 g/mol. The smallest absolute Gasteiger partial charge is 0.309 e. The Morgan fingerprint density at radius 3 is 2.38 bits per heavy atom. The van der Waals surface area contributed by atoms with Crippen LogP contribution < -0.4 is 0 Å². The molecular weight excluding hydrogens is 452 g/mol. The van der Waals surface area contributed by atoms with Gasteiger partial charge in [0.2, 0.25) is 15.9 Å². The molecule has 9 heteroatoms. The normalized spacial score (nSPS) is 23.8. The van der Waals surface area contributed by atoms with Crippen molar-refractivity contribution in [3.63, 3.8) is 0 Å². The first-order valence-electron chi connectivity index (χ1n) is 11.2. The molecule has 1 saturated heterocycles. The van der Waals surface area contributed by atoms with Gasteiger partial charge in [-0.05, 0) is 49.8 Å². The van der Waals surface area contributed by atoms with Crippen molar-refractivity contribution < 1.29 is 22.7 Å². The lowest BCUT2D eigenvalue weighted by Gasteiger charge is -2.45. The fraction of sp³-hybridized carbons (Fsp3) is 0.652. The second kappa shape index (κ2) is 10.1. The topological polar surface area (TPSA) is 84.0 Å². The van der Waals surface area contributed by atoms with Crippen molar-refractivity contribution in [3.8, 4) is 0 Å². The van der Waals surface area contributed by atoms with Crippen LogP contribution in [0.5, 0.6) is 0 Å². The van der Waals surface area contributed by atoms with E-state index in [1.165, 1.54) is 11.4 Å². The zero-order valence-corrected chi connectivity index (χ0v) is 20.7. The zero-order chi connectivity index (χ0) is 23.6. The number of hydrogen-bond donors (Lipinski definition) is 0. The minimum absolute atomic E-state index is 0.127. The number of halogens is 1. The van der Waals surface area contributed by atoms with Gasteiger partial charge in [-0.25, -0.2) is 12.7 Å². The van der Waals surface area contributed by atoms with Gasteiger partial charge in [-0.2, -0.15) is 0 Å². The molecule has 1 aromatic carbocycles. The molecule has 178 valence electrons. The van der Waals surface area contributed by atoms with Crippen LogP contribution in [0.1, 0.15) is 57.6 Å². The van der Waals surface area contributed by atoms with E-state index in [4.69, 9.17) is 16.3 Å². The van der Waals surface area contributed by atoms with Crippen molar-refractivity contribution >= 4 is 33.5 Å². The van der Waals surface area contributed by atoms with Crippen LogP contribution in [0.2, 0.25) is 5.02 Å². The van der Waals surface area contributed by atoms with Crippen LogP contribution in [0.3, 0.4) is 0 Å². The number of esters is 1. The zero-order valence-electron chi connectivity index (χ0n) is 19.2. The second-order valence-electron chi connectivity index (χ2n) is 8.90. The van der Waals surface area contributed by atoms with E-state index in [0.717, 1.165) is 5.56 Å². The van der Waals surface area contributed by atoms with Crippen molar-refractivity contribution in [2.45, 2.75) is 63.3 Å². The molecule has 1 saturated carbocycles. The van der Waals surface area contributed by atoms with Crippen LogP contribution in [-0.2, 0) is 24.3 Å². The summed E-state index contributed by atoms with van der Waals surface area (Å²) >= 11 is 6.07. The van der Waals surface area contributed by atoms with Crippen molar-refractivity contribution in [3.05, 3.63) is 34.9 Å². The van der Waals surface area contributed by atoms with Gasteiger partial charge in [-0.15, -0.1) is 0 Å². The molecule has 7 nitrogen and oxygen atoms in total. The molecule has 2 fully saturated rings. The van der Waals surface area contributed by atoms with E-state index in [9.17, 15) is 18.0 Å². The molecule has 0 radical (unpaired) electrons. The van der Waals surface area contributed by atoms with Gasteiger partial charge in [0.05, 0.1) is 30.2 Å². The van der Waals surface area contributed by atoms with E-state index in [1.807, 2.05) is 24.0 Å². The SMILES string of the molecule is CC[C@@H](CN(C)S(=O)(=O)C1CC1)N1C(=O)[C@H](C(C)C(=O)OC)CCC1c1ccc(Cl)cc1. The maximum Gasteiger partial charge on any atom is 0.309 e.